The maximum absolute atomic E-state index is 14.1. The van der Waals surface area contributed by atoms with E-state index in [1.807, 2.05) is 20.8 Å². The van der Waals surface area contributed by atoms with Gasteiger partial charge in [-0.1, -0.05) is 60.8 Å². The summed E-state index contributed by atoms with van der Waals surface area (Å²) in [4.78, 5) is 28.7. The van der Waals surface area contributed by atoms with Crippen molar-refractivity contribution in [3.05, 3.63) is 93.7 Å². The minimum absolute atomic E-state index is 0.0394. The van der Waals surface area contributed by atoms with Crippen LogP contribution in [0, 0.1) is 12.7 Å². The van der Waals surface area contributed by atoms with E-state index in [0.29, 0.717) is 22.0 Å². The van der Waals surface area contributed by atoms with Crippen LogP contribution in [0.15, 0.2) is 71.6 Å². The number of carbonyl (C=O) groups is 2. The van der Waals surface area contributed by atoms with Gasteiger partial charge in [-0.15, -0.1) is 0 Å². The van der Waals surface area contributed by atoms with Gasteiger partial charge < -0.3 is 10.2 Å². The molecule has 0 bridgehead atoms. The number of aryl methyl sites for hydroxylation is 1. The van der Waals surface area contributed by atoms with Crippen LogP contribution < -0.4 is 9.62 Å². The lowest BCUT2D eigenvalue weighted by Crippen LogP contribution is -2.53. The molecule has 0 saturated heterocycles. The SMILES string of the molecule is CC[C@H](C(=O)N[C@@H](C)CC)N(Cc1c(Cl)cccc1Cl)C(=O)CN(c1ccc(F)cc1)S(=O)(=O)c1ccc(C)cc1. The van der Waals surface area contributed by atoms with Crippen LogP contribution >= 0.6 is 23.2 Å². The maximum Gasteiger partial charge on any atom is 0.264 e. The molecular formula is C30H34Cl2FN3O4S. The van der Waals surface area contributed by atoms with Gasteiger partial charge in [0.05, 0.1) is 10.6 Å². The van der Waals surface area contributed by atoms with Crippen LogP contribution in [0.4, 0.5) is 10.1 Å². The van der Waals surface area contributed by atoms with Crippen molar-refractivity contribution in [2.45, 2.75) is 64.1 Å². The molecule has 7 nitrogen and oxygen atoms in total. The van der Waals surface area contributed by atoms with E-state index in [1.165, 1.54) is 29.2 Å². The van der Waals surface area contributed by atoms with Crippen LogP contribution in [0.2, 0.25) is 10.0 Å². The Morgan fingerprint density at radius 3 is 2.05 bits per heavy atom. The highest BCUT2D eigenvalue weighted by Gasteiger charge is 2.34. The molecule has 220 valence electrons. The van der Waals surface area contributed by atoms with E-state index in [-0.39, 0.29) is 35.5 Å². The minimum Gasteiger partial charge on any atom is -0.352 e. The van der Waals surface area contributed by atoms with Gasteiger partial charge in [0, 0.05) is 28.2 Å². The van der Waals surface area contributed by atoms with Gasteiger partial charge in [-0.3, -0.25) is 13.9 Å². The Hall–Kier alpha value is -3.14. The van der Waals surface area contributed by atoms with E-state index in [4.69, 9.17) is 23.2 Å². The summed E-state index contributed by atoms with van der Waals surface area (Å²) in [6, 6.07) is 14.8. The Morgan fingerprint density at radius 2 is 1.51 bits per heavy atom. The Kier molecular flexibility index (Phi) is 11.2. The van der Waals surface area contributed by atoms with Crippen molar-refractivity contribution in [2.75, 3.05) is 10.8 Å². The van der Waals surface area contributed by atoms with Crippen LogP contribution in [-0.4, -0.2) is 43.8 Å². The number of nitrogens with zero attached hydrogens (tertiary/aromatic N) is 2. The van der Waals surface area contributed by atoms with Crippen LogP contribution in [0.5, 0.6) is 0 Å². The number of carbonyl (C=O) groups excluding carboxylic acids is 2. The zero-order valence-electron chi connectivity index (χ0n) is 23.4. The predicted octanol–water partition coefficient (Wildman–Crippen LogP) is 6.36. The molecule has 2 amide bonds. The fourth-order valence-corrected chi connectivity index (χ4v) is 6.12. The molecule has 0 aromatic heterocycles. The molecule has 0 heterocycles. The van der Waals surface area contributed by atoms with Crippen molar-refractivity contribution in [1.29, 1.82) is 0 Å². The molecule has 0 aliphatic heterocycles. The van der Waals surface area contributed by atoms with E-state index in [9.17, 15) is 22.4 Å². The monoisotopic (exact) mass is 621 g/mol. The predicted molar refractivity (Wildman–Crippen MR) is 161 cm³/mol. The quantitative estimate of drug-likeness (QED) is 0.255. The van der Waals surface area contributed by atoms with Gasteiger partial charge in [0.15, 0.2) is 0 Å². The second kappa shape index (κ2) is 14.2. The fraction of sp³-hybridized carbons (Fsp3) is 0.333. The summed E-state index contributed by atoms with van der Waals surface area (Å²) in [5.41, 5.74) is 1.37. The molecule has 41 heavy (non-hydrogen) atoms. The van der Waals surface area contributed by atoms with Crippen LogP contribution in [0.1, 0.15) is 44.7 Å². The molecule has 3 aromatic carbocycles. The number of nitrogens with one attached hydrogen (secondary N) is 1. The summed E-state index contributed by atoms with van der Waals surface area (Å²) in [6.45, 7) is 6.57. The lowest BCUT2D eigenvalue weighted by atomic mass is 10.1. The van der Waals surface area contributed by atoms with E-state index >= 15 is 0 Å². The van der Waals surface area contributed by atoms with Crippen molar-refractivity contribution in [3.63, 3.8) is 0 Å². The first-order valence-electron chi connectivity index (χ1n) is 13.3. The van der Waals surface area contributed by atoms with Gasteiger partial charge in [-0.25, -0.2) is 12.8 Å². The number of benzene rings is 3. The van der Waals surface area contributed by atoms with Gasteiger partial charge in [0.2, 0.25) is 11.8 Å². The van der Waals surface area contributed by atoms with Gasteiger partial charge in [0.25, 0.3) is 10.0 Å². The summed E-state index contributed by atoms with van der Waals surface area (Å²) in [5, 5.41) is 3.51. The number of anilines is 1. The van der Waals surface area contributed by atoms with Crippen molar-refractivity contribution in [3.8, 4) is 0 Å². The van der Waals surface area contributed by atoms with Crippen molar-refractivity contribution < 1.29 is 22.4 Å². The summed E-state index contributed by atoms with van der Waals surface area (Å²) < 4.78 is 42.4. The smallest absolute Gasteiger partial charge is 0.264 e. The number of halogens is 3. The Morgan fingerprint density at radius 1 is 0.927 bits per heavy atom. The zero-order valence-corrected chi connectivity index (χ0v) is 25.7. The molecule has 0 unspecified atom stereocenters. The first kappa shape index (κ1) is 32.4. The molecule has 3 rings (SSSR count). The Labute approximate surface area is 251 Å². The molecule has 0 aliphatic carbocycles. The molecular weight excluding hydrogens is 588 g/mol. The molecule has 3 aromatic rings. The van der Waals surface area contributed by atoms with Crippen LogP contribution in [0.25, 0.3) is 0 Å². The van der Waals surface area contributed by atoms with Crippen LogP contribution in [0.3, 0.4) is 0 Å². The highest BCUT2D eigenvalue weighted by Crippen LogP contribution is 2.29. The molecule has 0 spiro atoms. The van der Waals surface area contributed by atoms with Crippen molar-refractivity contribution in [1.82, 2.24) is 10.2 Å². The number of hydrogen-bond acceptors (Lipinski definition) is 4. The number of amides is 2. The summed E-state index contributed by atoms with van der Waals surface area (Å²) in [6.07, 6.45) is 0.928. The van der Waals surface area contributed by atoms with Crippen LogP contribution in [-0.2, 0) is 26.2 Å². The van der Waals surface area contributed by atoms with Gasteiger partial charge in [-0.2, -0.15) is 0 Å². The lowest BCUT2D eigenvalue weighted by molar-refractivity contribution is -0.140. The molecule has 2 atom stereocenters. The van der Waals surface area contributed by atoms with E-state index in [0.717, 1.165) is 22.0 Å². The second-order valence-electron chi connectivity index (χ2n) is 9.76. The maximum atomic E-state index is 14.1. The molecule has 0 radical (unpaired) electrons. The number of hydrogen-bond donors (Lipinski definition) is 1. The Bertz CT molecular complexity index is 1450. The normalized spacial score (nSPS) is 12.9. The first-order valence-corrected chi connectivity index (χ1v) is 15.5. The zero-order chi connectivity index (χ0) is 30.3. The average molecular weight is 623 g/mol. The third-order valence-corrected chi connectivity index (χ3v) is 9.28. The fourth-order valence-electron chi connectivity index (χ4n) is 4.19. The third kappa shape index (κ3) is 7.99. The standard InChI is InChI=1S/C30H34Cl2FN3O4S/c1-5-21(4)34-30(38)28(6-2)35(18-25-26(31)8-7-9-27(25)32)29(37)19-36(23-14-12-22(33)13-15-23)41(39,40)24-16-10-20(3)11-17-24/h7-17,21,28H,5-6,18-19H2,1-4H3,(H,34,38)/t21-,28+/m0/s1. The summed E-state index contributed by atoms with van der Waals surface area (Å²) >= 11 is 12.9. The van der Waals surface area contributed by atoms with E-state index < -0.39 is 34.3 Å². The summed E-state index contributed by atoms with van der Waals surface area (Å²) in [5.74, 6) is -1.60. The molecule has 0 saturated carbocycles. The molecule has 0 aliphatic rings. The molecule has 11 heteroatoms. The van der Waals surface area contributed by atoms with Gasteiger partial charge in [0.1, 0.15) is 18.4 Å². The first-order chi connectivity index (χ1) is 19.4. The number of sulfonamides is 1. The lowest BCUT2D eigenvalue weighted by Gasteiger charge is -2.34. The topological polar surface area (TPSA) is 86.8 Å². The number of rotatable bonds is 12. The largest absolute Gasteiger partial charge is 0.352 e. The van der Waals surface area contributed by atoms with Crippen molar-refractivity contribution in [2.24, 2.45) is 0 Å². The average Bonchev–Trinajstić information content (AvgIpc) is 2.93. The molecule has 0 fully saturated rings. The Balaban J connectivity index is 2.09. The summed E-state index contributed by atoms with van der Waals surface area (Å²) in [7, 11) is -4.27. The van der Waals surface area contributed by atoms with E-state index in [1.54, 1.807) is 37.3 Å². The van der Waals surface area contributed by atoms with E-state index in [2.05, 4.69) is 5.32 Å². The van der Waals surface area contributed by atoms with Gasteiger partial charge >= 0.3 is 0 Å². The second-order valence-corrected chi connectivity index (χ2v) is 12.4. The van der Waals surface area contributed by atoms with Gasteiger partial charge in [-0.05, 0) is 75.2 Å². The highest BCUT2D eigenvalue weighted by atomic mass is 35.5. The highest BCUT2D eigenvalue weighted by molar-refractivity contribution is 7.92. The molecule has 1 N–H and O–H groups in total. The van der Waals surface area contributed by atoms with Crippen molar-refractivity contribution >= 4 is 50.7 Å². The minimum atomic E-state index is -4.27. The third-order valence-electron chi connectivity index (χ3n) is 6.78.